The van der Waals surface area contributed by atoms with Gasteiger partial charge in [0.1, 0.15) is 0 Å². The zero-order valence-electron chi connectivity index (χ0n) is 15.3. The molecule has 0 N–H and O–H groups in total. The minimum atomic E-state index is -0.525. The molecule has 5 nitrogen and oxygen atoms in total. The molecule has 0 aliphatic carbocycles. The quantitative estimate of drug-likeness (QED) is 0.830. The van der Waals surface area contributed by atoms with E-state index in [0.29, 0.717) is 12.0 Å². The van der Waals surface area contributed by atoms with E-state index in [2.05, 4.69) is 9.88 Å². The number of likely N-dealkylation sites (tertiary alicyclic amines) is 2. The maximum Gasteiger partial charge on any atom is 0.256 e. The number of ether oxygens (including phenoxy) is 1. The first kappa shape index (κ1) is 17.9. The van der Waals surface area contributed by atoms with Crippen LogP contribution in [0.15, 0.2) is 18.5 Å². The third kappa shape index (κ3) is 3.76. The van der Waals surface area contributed by atoms with Crippen LogP contribution in [0, 0.1) is 17.7 Å². The number of pyridine rings is 1. The molecule has 4 rings (SSSR count). The Labute approximate surface area is 154 Å². The Morgan fingerprint density at radius 1 is 1.08 bits per heavy atom. The van der Waals surface area contributed by atoms with Crippen LogP contribution in [-0.4, -0.2) is 66.1 Å². The zero-order chi connectivity index (χ0) is 17.9. The fraction of sp³-hybridized carbons (Fsp3) is 0.700. The summed E-state index contributed by atoms with van der Waals surface area (Å²) >= 11 is 0. The van der Waals surface area contributed by atoms with Gasteiger partial charge in [0.05, 0.1) is 18.4 Å². The summed E-state index contributed by atoms with van der Waals surface area (Å²) in [5, 5.41) is 0. The van der Waals surface area contributed by atoms with E-state index >= 15 is 0 Å². The summed E-state index contributed by atoms with van der Waals surface area (Å²) in [5.41, 5.74) is 0.144. The van der Waals surface area contributed by atoms with Gasteiger partial charge in [-0.1, -0.05) is 0 Å². The van der Waals surface area contributed by atoms with Crippen LogP contribution in [0.2, 0.25) is 0 Å². The van der Waals surface area contributed by atoms with Gasteiger partial charge in [-0.25, -0.2) is 4.39 Å². The van der Waals surface area contributed by atoms with Crippen LogP contribution in [0.5, 0.6) is 0 Å². The summed E-state index contributed by atoms with van der Waals surface area (Å²) in [6.07, 6.45) is 8.36. The average molecular weight is 361 g/mol. The summed E-state index contributed by atoms with van der Waals surface area (Å²) < 4.78 is 19.3. The van der Waals surface area contributed by atoms with Gasteiger partial charge in [0.2, 0.25) is 0 Å². The van der Waals surface area contributed by atoms with Crippen LogP contribution in [0.3, 0.4) is 0 Å². The second kappa shape index (κ2) is 8.01. The molecule has 0 radical (unpaired) electrons. The van der Waals surface area contributed by atoms with Crippen LogP contribution < -0.4 is 0 Å². The van der Waals surface area contributed by atoms with Gasteiger partial charge in [-0.05, 0) is 63.1 Å². The van der Waals surface area contributed by atoms with Crippen molar-refractivity contribution in [2.24, 2.45) is 11.8 Å². The maximum absolute atomic E-state index is 13.8. The second-order valence-corrected chi connectivity index (χ2v) is 7.88. The molecule has 3 saturated heterocycles. The van der Waals surface area contributed by atoms with Crippen molar-refractivity contribution in [3.63, 3.8) is 0 Å². The molecule has 142 valence electrons. The van der Waals surface area contributed by atoms with E-state index in [1.165, 1.54) is 44.6 Å². The molecule has 0 spiro atoms. The Hall–Kier alpha value is -1.53. The van der Waals surface area contributed by atoms with Gasteiger partial charge in [0.25, 0.3) is 5.91 Å². The van der Waals surface area contributed by atoms with Crippen LogP contribution in [0.1, 0.15) is 42.5 Å². The van der Waals surface area contributed by atoms with Gasteiger partial charge >= 0.3 is 0 Å². The van der Waals surface area contributed by atoms with E-state index in [0.717, 1.165) is 51.3 Å². The van der Waals surface area contributed by atoms with E-state index in [4.69, 9.17) is 4.74 Å². The van der Waals surface area contributed by atoms with Crippen molar-refractivity contribution in [2.75, 3.05) is 39.4 Å². The molecule has 4 heterocycles. The summed E-state index contributed by atoms with van der Waals surface area (Å²) in [4.78, 5) is 20.7. The van der Waals surface area contributed by atoms with Crippen LogP contribution in [0.25, 0.3) is 0 Å². The summed E-state index contributed by atoms with van der Waals surface area (Å²) in [5.74, 6) is 0.745. The van der Waals surface area contributed by atoms with Gasteiger partial charge in [0.15, 0.2) is 5.82 Å². The highest BCUT2D eigenvalue weighted by molar-refractivity contribution is 5.94. The molecule has 1 atom stereocenters. The molecule has 0 bridgehead atoms. The van der Waals surface area contributed by atoms with Gasteiger partial charge < -0.3 is 9.64 Å². The Bertz CT molecular complexity index is 619. The molecule has 3 fully saturated rings. The normalized spacial score (nSPS) is 26.3. The van der Waals surface area contributed by atoms with E-state index in [1.54, 1.807) is 4.90 Å². The van der Waals surface area contributed by atoms with Gasteiger partial charge in [-0.3, -0.25) is 14.7 Å². The Kier molecular flexibility index (Phi) is 5.50. The Balaban J connectivity index is 1.26. The first-order valence-corrected chi connectivity index (χ1v) is 9.93. The standard InChI is InChI=1S/C20H28FN3O2/c21-19-13-22-7-1-18(19)20(25)24-10-4-16(5-11-24)15-2-8-23(9-3-15)17-6-12-26-14-17/h1,7,13,15-17H,2-6,8-12,14H2. The fourth-order valence-corrected chi connectivity index (χ4v) is 4.86. The molecule has 1 unspecified atom stereocenters. The lowest BCUT2D eigenvalue weighted by atomic mass is 9.78. The van der Waals surface area contributed by atoms with Crippen LogP contribution >= 0.6 is 0 Å². The number of aromatic nitrogens is 1. The minimum Gasteiger partial charge on any atom is -0.380 e. The Morgan fingerprint density at radius 3 is 2.38 bits per heavy atom. The monoisotopic (exact) mass is 361 g/mol. The summed E-state index contributed by atoms with van der Waals surface area (Å²) in [6, 6.07) is 2.11. The number of hydrogen-bond acceptors (Lipinski definition) is 4. The van der Waals surface area contributed by atoms with Crippen molar-refractivity contribution in [3.8, 4) is 0 Å². The van der Waals surface area contributed by atoms with E-state index < -0.39 is 5.82 Å². The van der Waals surface area contributed by atoms with Crippen LogP contribution in [-0.2, 0) is 4.74 Å². The molecule has 0 saturated carbocycles. The van der Waals surface area contributed by atoms with Crippen molar-refractivity contribution in [2.45, 2.75) is 38.1 Å². The second-order valence-electron chi connectivity index (χ2n) is 7.88. The average Bonchev–Trinajstić information content (AvgIpc) is 3.23. The molecule has 0 aromatic carbocycles. The molecule has 3 aliphatic rings. The van der Waals surface area contributed by atoms with E-state index in [1.807, 2.05) is 0 Å². The van der Waals surface area contributed by atoms with Crippen molar-refractivity contribution >= 4 is 5.91 Å². The highest BCUT2D eigenvalue weighted by Crippen LogP contribution is 2.34. The SMILES string of the molecule is O=C(c1ccncc1F)N1CCC(C2CCN(C3CCOC3)CC2)CC1. The first-order valence-electron chi connectivity index (χ1n) is 9.93. The number of halogens is 1. The molecule has 3 aliphatic heterocycles. The van der Waals surface area contributed by atoms with Gasteiger partial charge in [-0.2, -0.15) is 0 Å². The maximum atomic E-state index is 13.8. The number of piperidine rings is 2. The zero-order valence-corrected chi connectivity index (χ0v) is 15.3. The number of amides is 1. The van der Waals surface area contributed by atoms with Crippen molar-refractivity contribution in [1.29, 1.82) is 0 Å². The molecular weight excluding hydrogens is 333 g/mol. The number of rotatable bonds is 3. The Morgan fingerprint density at radius 2 is 1.77 bits per heavy atom. The number of nitrogens with zero attached hydrogens (tertiary/aromatic N) is 3. The van der Waals surface area contributed by atoms with Crippen molar-refractivity contribution < 1.29 is 13.9 Å². The van der Waals surface area contributed by atoms with Crippen molar-refractivity contribution in [3.05, 3.63) is 29.8 Å². The molecule has 26 heavy (non-hydrogen) atoms. The highest BCUT2D eigenvalue weighted by atomic mass is 19.1. The summed E-state index contributed by atoms with van der Waals surface area (Å²) in [7, 11) is 0. The van der Waals surface area contributed by atoms with Gasteiger partial charge in [0, 0.05) is 31.9 Å². The lowest BCUT2D eigenvalue weighted by Gasteiger charge is -2.41. The fourth-order valence-electron chi connectivity index (χ4n) is 4.86. The van der Waals surface area contributed by atoms with Crippen LogP contribution in [0.4, 0.5) is 4.39 Å². The number of carbonyl (C=O) groups excluding carboxylic acids is 1. The smallest absolute Gasteiger partial charge is 0.256 e. The topological polar surface area (TPSA) is 45.7 Å². The number of hydrogen-bond donors (Lipinski definition) is 0. The predicted molar refractivity (Wildman–Crippen MR) is 96.3 cm³/mol. The molecule has 6 heteroatoms. The van der Waals surface area contributed by atoms with Gasteiger partial charge in [-0.15, -0.1) is 0 Å². The minimum absolute atomic E-state index is 0.144. The lowest BCUT2D eigenvalue weighted by Crippen LogP contribution is -2.45. The van der Waals surface area contributed by atoms with E-state index in [9.17, 15) is 9.18 Å². The van der Waals surface area contributed by atoms with Crippen molar-refractivity contribution in [1.82, 2.24) is 14.8 Å². The molecule has 1 amide bonds. The summed E-state index contributed by atoms with van der Waals surface area (Å²) in [6.45, 7) is 5.65. The number of carbonyl (C=O) groups is 1. The first-order chi connectivity index (χ1) is 12.7. The predicted octanol–water partition coefficient (Wildman–Crippen LogP) is 2.57. The third-order valence-corrected chi connectivity index (χ3v) is 6.49. The third-order valence-electron chi connectivity index (χ3n) is 6.49. The molecule has 1 aromatic rings. The largest absolute Gasteiger partial charge is 0.380 e. The van der Waals surface area contributed by atoms with E-state index in [-0.39, 0.29) is 11.5 Å². The molecule has 1 aromatic heterocycles. The molecular formula is C20H28FN3O2. The highest BCUT2D eigenvalue weighted by Gasteiger charge is 2.33. The lowest BCUT2D eigenvalue weighted by molar-refractivity contribution is 0.0545.